The van der Waals surface area contributed by atoms with Gasteiger partial charge in [0.15, 0.2) is 0 Å². The van der Waals surface area contributed by atoms with Gasteiger partial charge >= 0.3 is 5.97 Å². The number of allylic oxidation sites excluding steroid dienone is 2. The molecule has 0 radical (unpaired) electrons. The number of nitrogens with one attached hydrogen (secondary N) is 1. The molecule has 1 amide bonds. The Morgan fingerprint density at radius 3 is 2.85 bits per heavy atom. The lowest BCUT2D eigenvalue weighted by Crippen LogP contribution is -2.35. The smallest absolute Gasteiger partial charge is 0.309 e. The molecular weight excluding hydrogens is 344 g/mol. The molecule has 0 bridgehead atoms. The number of carbonyl (C=O) groups excluding carboxylic acids is 2. The van der Waals surface area contributed by atoms with E-state index in [0.717, 1.165) is 5.56 Å². The first-order chi connectivity index (χ1) is 13.1. The van der Waals surface area contributed by atoms with Crippen LogP contribution in [-0.2, 0) is 20.9 Å². The number of hydrogen-bond acceptors (Lipinski definition) is 5. The Morgan fingerprint density at radius 2 is 2.11 bits per heavy atom. The van der Waals surface area contributed by atoms with Crippen LogP contribution in [-0.4, -0.2) is 28.8 Å². The normalized spacial score (nSPS) is 18.5. The molecule has 1 aliphatic rings. The highest BCUT2D eigenvalue weighted by Gasteiger charge is 2.34. The standard InChI is InChI=1S/C20H20N4O3/c1-27-20(26)18-8-3-2-7-17(18)19(25)23-16-11-22-24(13-16)12-15-6-4-5-14(9-15)10-21/h2-6,9,11,13,17-18H,7-8,12H2,1H3,(H,23,25)/t17-,18+/m1/s1. The summed E-state index contributed by atoms with van der Waals surface area (Å²) in [7, 11) is 1.33. The van der Waals surface area contributed by atoms with Crippen LogP contribution in [0.1, 0.15) is 24.0 Å². The average molecular weight is 364 g/mol. The molecule has 1 aromatic heterocycles. The molecule has 0 fully saturated rings. The van der Waals surface area contributed by atoms with Gasteiger partial charge in [0.1, 0.15) is 0 Å². The number of anilines is 1. The van der Waals surface area contributed by atoms with Crippen LogP contribution >= 0.6 is 0 Å². The number of methoxy groups -OCH3 is 1. The summed E-state index contributed by atoms with van der Waals surface area (Å²) in [6, 6.07) is 9.39. The van der Waals surface area contributed by atoms with E-state index in [9.17, 15) is 9.59 Å². The zero-order valence-electron chi connectivity index (χ0n) is 15.0. The minimum Gasteiger partial charge on any atom is -0.469 e. The number of carbonyl (C=O) groups is 2. The highest BCUT2D eigenvalue weighted by Crippen LogP contribution is 2.28. The van der Waals surface area contributed by atoms with Crippen LogP contribution in [0.15, 0.2) is 48.8 Å². The van der Waals surface area contributed by atoms with Crippen molar-refractivity contribution in [1.29, 1.82) is 5.26 Å². The molecule has 0 unspecified atom stereocenters. The number of nitrogens with zero attached hydrogens (tertiary/aromatic N) is 3. The first kappa shape index (κ1) is 18.4. The van der Waals surface area contributed by atoms with Gasteiger partial charge in [0.2, 0.25) is 5.91 Å². The molecule has 1 N–H and O–H groups in total. The van der Waals surface area contributed by atoms with Crippen LogP contribution in [0.25, 0.3) is 0 Å². The van der Waals surface area contributed by atoms with Gasteiger partial charge in [-0.25, -0.2) is 0 Å². The van der Waals surface area contributed by atoms with Crippen LogP contribution in [0.4, 0.5) is 5.69 Å². The molecular formula is C20H20N4O3. The third-order valence-electron chi connectivity index (χ3n) is 4.57. The molecule has 2 atom stereocenters. The third-order valence-corrected chi connectivity index (χ3v) is 4.57. The molecule has 0 saturated carbocycles. The van der Waals surface area contributed by atoms with Crippen molar-refractivity contribution in [1.82, 2.24) is 9.78 Å². The number of nitriles is 1. The lowest BCUT2D eigenvalue weighted by Gasteiger charge is -2.25. The summed E-state index contributed by atoms with van der Waals surface area (Å²) < 4.78 is 6.50. The maximum atomic E-state index is 12.6. The van der Waals surface area contributed by atoms with Crippen molar-refractivity contribution >= 4 is 17.6 Å². The Balaban J connectivity index is 1.66. The largest absolute Gasteiger partial charge is 0.469 e. The van der Waals surface area contributed by atoms with Gasteiger partial charge < -0.3 is 10.1 Å². The first-order valence-electron chi connectivity index (χ1n) is 8.66. The van der Waals surface area contributed by atoms with Crippen LogP contribution in [0, 0.1) is 23.2 Å². The van der Waals surface area contributed by atoms with E-state index in [1.54, 1.807) is 29.2 Å². The van der Waals surface area contributed by atoms with Gasteiger partial charge in [0.05, 0.1) is 49.0 Å². The Kier molecular flexibility index (Phi) is 5.67. The summed E-state index contributed by atoms with van der Waals surface area (Å²) >= 11 is 0. The van der Waals surface area contributed by atoms with Crippen molar-refractivity contribution in [3.63, 3.8) is 0 Å². The zero-order valence-corrected chi connectivity index (χ0v) is 15.0. The highest BCUT2D eigenvalue weighted by atomic mass is 16.5. The van der Waals surface area contributed by atoms with E-state index in [1.165, 1.54) is 7.11 Å². The van der Waals surface area contributed by atoms with Gasteiger partial charge in [-0.05, 0) is 30.5 Å². The van der Waals surface area contributed by atoms with Crippen LogP contribution in [0.2, 0.25) is 0 Å². The second-order valence-electron chi connectivity index (χ2n) is 6.41. The number of amides is 1. The number of esters is 1. The van der Waals surface area contributed by atoms with Crippen LogP contribution in [0.5, 0.6) is 0 Å². The number of aromatic nitrogens is 2. The molecule has 7 heteroatoms. The predicted molar refractivity (Wildman–Crippen MR) is 98.5 cm³/mol. The lowest BCUT2D eigenvalue weighted by molar-refractivity contribution is -0.149. The minimum atomic E-state index is -0.469. The Bertz CT molecular complexity index is 910. The number of ether oxygens (including phenoxy) is 1. The first-order valence-corrected chi connectivity index (χ1v) is 8.66. The van der Waals surface area contributed by atoms with Crippen molar-refractivity contribution in [3.8, 4) is 6.07 Å². The molecule has 7 nitrogen and oxygen atoms in total. The summed E-state index contributed by atoms with van der Waals surface area (Å²) in [5.41, 5.74) is 2.10. The average Bonchev–Trinajstić information content (AvgIpc) is 3.14. The fourth-order valence-electron chi connectivity index (χ4n) is 3.19. The molecule has 1 aliphatic carbocycles. The molecule has 1 heterocycles. The molecule has 3 rings (SSSR count). The summed E-state index contributed by atoms with van der Waals surface area (Å²) in [5.74, 6) is -1.52. The molecule has 0 spiro atoms. The fraction of sp³-hybridized carbons (Fsp3) is 0.300. The Morgan fingerprint density at radius 1 is 1.33 bits per heavy atom. The monoisotopic (exact) mass is 364 g/mol. The van der Waals surface area contributed by atoms with Crippen molar-refractivity contribution in [3.05, 3.63) is 59.9 Å². The summed E-state index contributed by atoms with van der Waals surface area (Å²) in [6.07, 6.45) is 8.11. The van der Waals surface area contributed by atoms with Gasteiger partial charge in [0.25, 0.3) is 0 Å². The Hall–Kier alpha value is -3.40. The zero-order chi connectivity index (χ0) is 19.2. The quantitative estimate of drug-likeness (QED) is 0.649. The van der Waals surface area contributed by atoms with Gasteiger partial charge in [-0.1, -0.05) is 24.3 Å². The Labute approximate surface area is 157 Å². The van der Waals surface area contributed by atoms with E-state index in [0.29, 0.717) is 30.6 Å². The summed E-state index contributed by atoms with van der Waals surface area (Å²) in [6.45, 7) is 0.488. The van der Waals surface area contributed by atoms with E-state index < -0.39 is 11.8 Å². The molecule has 27 heavy (non-hydrogen) atoms. The van der Waals surface area contributed by atoms with Crippen molar-refractivity contribution in [2.45, 2.75) is 19.4 Å². The van der Waals surface area contributed by atoms with Gasteiger partial charge in [-0.2, -0.15) is 10.4 Å². The minimum absolute atomic E-state index is 0.222. The lowest BCUT2D eigenvalue weighted by atomic mass is 9.82. The maximum absolute atomic E-state index is 12.6. The summed E-state index contributed by atoms with van der Waals surface area (Å²) in [4.78, 5) is 24.5. The molecule has 0 saturated heterocycles. The molecule has 0 aliphatic heterocycles. The second kappa shape index (κ2) is 8.32. The maximum Gasteiger partial charge on any atom is 0.309 e. The van der Waals surface area contributed by atoms with Crippen molar-refractivity contribution in [2.24, 2.45) is 11.8 Å². The molecule has 1 aromatic carbocycles. The van der Waals surface area contributed by atoms with Crippen LogP contribution in [0.3, 0.4) is 0 Å². The van der Waals surface area contributed by atoms with E-state index in [2.05, 4.69) is 16.5 Å². The summed E-state index contributed by atoms with van der Waals surface area (Å²) in [5, 5.41) is 16.1. The molecule has 138 valence electrons. The van der Waals surface area contributed by atoms with Gasteiger partial charge in [-0.15, -0.1) is 0 Å². The number of benzene rings is 1. The predicted octanol–water partition coefficient (Wildman–Crippen LogP) is 2.50. The van der Waals surface area contributed by atoms with Gasteiger partial charge in [-0.3, -0.25) is 14.3 Å². The highest BCUT2D eigenvalue weighted by molar-refractivity contribution is 5.95. The van der Waals surface area contributed by atoms with Crippen molar-refractivity contribution < 1.29 is 14.3 Å². The third kappa shape index (κ3) is 4.42. The van der Waals surface area contributed by atoms with E-state index in [4.69, 9.17) is 10.00 Å². The van der Waals surface area contributed by atoms with E-state index in [-0.39, 0.29) is 11.9 Å². The van der Waals surface area contributed by atoms with E-state index >= 15 is 0 Å². The van der Waals surface area contributed by atoms with E-state index in [1.807, 2.05) is 24.3 Å². The SMILES string of the molecule is COC(=O)[C@H]1CC=CC[C@H]1C(=O)Nc1cnn(Cc2cccc(C#N)c2)c1. The van der Waals surface area contributed by atoms with Crippen LogP contribution < -0.4 is 5.32 Å². The second-order valence-corrected chi connectivity index (χ2v) is 6.41. The number of hydrogen-bond donors (Lipinski definition) is 1. The molecule has 2 aromatic rings. The topological polar surface area (TPSA) is 97.0 Å². The van der Waals surface area contributed by atoms with Gasteiger partial charge in [0, 0.05) is 6.20 Å². The number of rotatable bonds is 5. The van der Waals surface area contributed by atoms with Crippen molar-refractivity contribution in [2.75, 3.05) is 12.4 Å². The fourth-order valence-corrected chi connectivity index (χ4v) is 3.19.